The second-order valence-electron chi connectivity index (χ2n) is 9.02. The number of aromatic nitrogens is 1. The van der Waals surface area contributed by atoms with E-state index in [-0.39, 0.29) is 13.2 Å². The van der Waals surface area contributed by atoms with Crippen molar-refractivity contribution in [3.05, 3.63) is 106 Å². The van der Waals surface area contributed by atoms with Crippen LogP contribution in [0.2, 0.25) is 5.02 Å². The largest absolute Gasteiger partial charge is 0.482 e. The lowest BCUT2D eigenvalue weighted by Gasteiger charge is -2.33. The molecule has 0 saturated heterocycles. The topological polar surface area (TPSA) is 126 Å². The zero-order valence-electron chi connectivity index (χ0n) is 21.9. The van der Waals surface area contributed by atoms with Gasteiger partial charge in [0.2, 0.25) is 0 Å². The molecule has 0 aliphatic carbocycles. The number of aliphatic hydroxyl groups excluding tert-OH is 1. The van der Waals surface area contributed by atoms with Gasteiger partial charge in [-0.15, -0.1) is 11.8 Å². The van der Waals surface area contributed by atoms with Crippen LogP contribution in [0.3, 0.4) is 0 Å². The molecule has 1 heterocycles. The number of hydrogen-bond donors (Lipinski definition) is 3. The van der Waals surface area contributed by atoms with E-state index in [1.54, 1.807) is 18.2 Å². The van der Waals surface area contributed by atoms with Crippen molar-refractivity contribution in [2.45, 2.75) is 4.75 Å². The summed E-state index contributed by atoms with van der Waals surface area (Å²) in [5.74, 6) is -1.42. The number of hydrogen-bond acceptors (Lipinski definition) is 7. The fourth-order valence-corrected chi connectivity index (χ4v) is 5.65. The highest BCUT2D eigenvalue weighted by molar-refractivity contribution is 8.00. The van der Waals surface area contributed by atoms with Gasteiger partial charge in [-0.2, -0.15) is 0 Å². The minimum atomic E-state index is -1.10. The number of aliphatic hydroxyl groups is 1. The van der Waals surface area contributed by atoms with Crippen LogP contribution in [0.1, 0.15) is 22.4 Å². The van der Waals surface area contributed by atoms with Gasteiger partial charge in [0.1, 0.15) is 12.4 Å². The summed E-state index contributed by atoms with van der Waals surface area (Å²) in [7, 11) is 0. The Kier molecular flexibility index (Phi) is 10.4. The van der Waals surface area contributed by atoms with E-state index in [0.29, 0.717) is 22.1 Å². The van der Waals surface area contributed by atoms with Crippen molar-refractivity contribution >= 4 is 58.4 Å². The Morgan fingerprint density at radius 3 is 2.39 bits per heavy atom. The lowest BCUT2D eigenvalue weighted by molar-refractivity contribution is -0.142. The molecule has 212 valence electrons. The van der Waals surface area contributed by atoms with Gasteiger partial charge in [-0.05, 0) is 59.2 Å². The van der Waals surface area contributed by atoms with Gasteiger partial charge in [-0.1, -0.05) is 60.1 Å². The molecule has 0 amide bonds. The van der Waals surface area contributed by atoms with E-state index < -0.39 is 29.9 Å². The summed E-state index contributed by atoms with van der Waals surface area (Å²) in [4.78, 5) is 26.5. The molecule has 4 aromatic rings. The maximum absolute atomic E-state index is 11.0. The molecule has 0 aliphatic rings. The number of fused-ring (bicyclic) bond motifs is 1. The van der Waals surface area contributed by atoms with Gasteiger partial charge in [-0.3, -0.25) is 0 Å². The molecule has 4 rings (SSSR count). The molecule has 0 bridgehead atoms. The maximum atomic E-state index is 11.0. The molecule has 0 spiro atoms. The van der Waals surface area contributed by atoms with E-state index in [1.165, 1.54) is 11.8 Å². The van der Waals surface area contributed by atoms with Gasteiger partial charge in [0.05, 0.1) is 29.2 Å². The lowest BCUT2D eigenvalue weighted by atomic mass is 9.89. The Balaban J connectivity index is 1.66. The third-order valence-corrected chi connectivity index (χ3v) is 7.86. The molecular formula is C31H28ClNO7S. The van der Waals surface area contributed by atoms with Crippen LogP contribution in [0.15, 0.2) is 78.9 Å². The Hall–Kier alpha value is -3.89. The van der Waals surface area contributed by atoms with Gasteiger partial charge in [0.15, 0.2) is 6.61 Å². The minimum absolute atomic E-state index is 0.158. The number of benzene rings is 3. The van der Waals surface area contributed by atoms with Crippen molar-refractivity contribution in [1.29, 1.82) is 0 Å². The smallest absolute Gasteiger partial charge is 0.341 e. The number of pyridine rings is 1. The van der Waals surface area contributed by atoms with E-state index in [4.69, 9.17) is 31.3 Å². The minimum Gasteiger partial charge on any atom is -0.482 e. The summed E-state index contributed by atoms with van der Waals surface area (Å²) in [6, 6.07) is 24.1. The lowest BCUT2D eigenvalue weighted by Crippen LogP contribution is -2.30. The van der Waals surface area contributed by atoms with Crippen molar-refractivity contribution in [1.82, 2.24) is 4.98 Å². The zero-order valence-corrected chi connectivity index (χ0v) is 23.5. The standard InChI is InChI=1S/C31H28ClNO7S/c32-25-10-8-22-9-12-26(33-28(22)17-25)11-7-21-3-1-4-23(15-21)31(20-34,41-14-13-39-18-29(35)36)24-5-2-6-27(16-24)40-19-30(37)38/h1-12,15-17,34H,13-14,18-20H2,(H,35,36)(H,37,38). The molecule has 1 atom stereocenters. The molecule has 3 aromatic carbocycles. The number of carboxylic acid groups (broad SMARTS) is 2. The molecule has 1 unspecified atom stereocenters. The summed E-state index contributed by atoms with van der Waals surface area (Å²) in [5, 5.41) is 30.3. The van der Waals surface area contributed by atoms with Crippen LogP contribution >= 0.6 is 23.4 Å². The van der Waals surface area contributed by atoms with Crippen LogP contribution in [-0.4, -0.2) is 64.4 Å². The maximum Gasteiger partial charge on any atom is 0.341 e. The first-order chi connectivity index (χ1) is 19.8. The number of rotatable bonds is 14. The molecule has 0 saturated carbocycles. The second-order valence-corrected chi connectivity index (χ2v) is 10.9. The SMILES string of the molecule is O=C(O)COCCSC(CO)(c1cccc(C=Cc2ccc3ccc(Cl)cc3n2)c1)c1cccc(OCC(=O)O)c1. The summed E-state index contributed by atoms with van der Waals surface area (Å²) < 4.78 is 9.65. The summed E-state index contributed by atoms with van der Waals surface area (Å²) in [5.41, 5.74) is 3.90. The molecule has 0 radical (unpaired) electrons. The summed E-state index contributed by atoms with van der Waals surface area (Å²) in [6.07, 6.45) is 3.82. The van der Waals surface area contributed by atoms with Crippen LogP contribution in [0.5, 0.6) is 5.75 Å². The van der Waals surface area contributed by atoms with Gasteiger partial charge >= 0.3 is 11.9 Å². The highest BCUT2D eigenvalue weighted by atomic mass is 35.5. The van der Waals surface area contributed by atoms with Crippen LogP contribution in [0.25, 0.3) is 23.1 Å². The molecular weight excluding hydrogens is 566 g/mol. The third kappa shape index (κ3) is 8.08. The fraction of sp³-hybridized carbons (Fsp3) is 0.194. The highest BCUT2D eigenvalue weighted by Crippen LogP contribution is 2.44. The Bertz CT molecular complexity index is 1560. The van der Waals surface area contributed by atoms with Gasteiger partial charge < -0.3 is 24.8 Å². The van der Waals surface area contributed by atoms with Crippen molar-refractivity contribution in [3.63, 3.8) is 0 Å². The molecule has 3 N–H and O–H groups in total. The van der Waals surface area contributed by atoms with E-state index in [0.717, 1.165) is 27.7 Å². The van der Waals surface area contributed by atoms with E-state index in [9.17, 15) is 14.7 Å². The second kappa shape index (κ2) is 14.1. The van der Waals surface area contributed by atoms with Gasteiger partial charge in [0, 0.05) is 16.2 Å². The van der Waals surface area contributed by atoms with Gasteiger partial charge in [0.25, 0.3) is 0 Å². The van der Waals surface area contributed by atoms with Crippen molar-refractivity contribution < 1.29 is 34.4 Å². The van der Waals surface area contributed by atoms with Crippen LogP contribution in [0.4, 0.5) is 0 Å². The van der Waals surface area contributed by atoms with E-state index in [2.05, 4.69) is 4.98 Å². The predicted octanol–water partition coefficient (Wildman–Crippen LogP) is 5.59. The molecule has 8 nitrogen and oxygen atoms in total. The Morgan fingerprint density at radius 1 is 0.902 bits per heavy atom. The predicted molar refractivity (Wildman–Crippen MR) is 160 cm³/mol. The molecule has 10 heteroatoms. The fourth-order valence-electron chi connectivity index (χ4n) is 4.25. The molecule has 41 heavy (non-hydrogen) atoms. The number of carbonyl (C=O) groups is 2. The average Bonchev–Trinajstić information content (AvgIpc) is 2.97. The summed E-state index contributed by atoms with van der Waals surface area (Å²) in [6.45, 7) is -1.05. The van der Waals surface area contributed by atoms with Gasteiger partial charge in [-0.25, -0.2) is 14.6 Å². The first kappa shape index (κ1) is 30.1. The summed E-state index contributed by atoms with van der Waals surface area (Å²) >= 11 is 7.53. The van der Waals surface area contributed by atoms with Crippen molar-refractivity contribution in [2.24, 2.45) is 0 Å². The normalized spacial score (nSPS) is 12.8. The molecule has 1 aromatic heterocycles. The third-order valence-electron chi connectivity index (χ3n) is 6.16. The van der Waals surface area contributed by atoms with Crippen LogP contribution < -0.4 is 4.74 Å². The average molecular weight is 594 g/mol. The first-order valence-electron chi connectivity index (χ1n) is 12.6. The van der Waals surface area contributed by atoms with Crippen LogP contribution in [-0.2, 0) is 19.1 Å². The number of nitrogens with zero attached hydrogens (tertiary/aromatic N) is 1. The van der Waals surface area contributed by atoms with Crippen molar-refractivity contribution in [2.75, 3.05) is 32.2 Å². The number of aliphatic carboxylic acids is 2. The Labute approximate surface area is 246 Å². The van der Waals surface area contributed by atoms with E-state index in [1.807, 2.05) is 72.8 Å². The first-order valence-corrected chi connectivity index (χ1v) is 14.0. The zero-order chi connectivity index (χ0) is 29.2. The van der Waals surface area contributed by atoms with E-state index >= 15 is 0 Å². The molecule has 0 fully saturated rings. The monoisotopic (exact) mass is 593 g/mol. The number of halogens is 1. The highest BCUT2D eigenvalue weighted by Gasteiger charge is 2.35. The Morgan fingerprint density at radius 2 is 1.63 bits per heavy atom. The quantitative estimate of drug-likeness (QED) is 0.160. The molecule has 0 aliphatic heterocycles. The number of carboxylic acids is 2. The number of thioether (sulfide) groups is 1. The number of ether oxygens (including phenoxy) is 2. The van der Waals surface area contributed by atoms with Crippen molar-refractivity contribution in [3.8, 4) is 5.75 Å². The van der Waals surface area contributed by atoms with Crippen LogP contribution in [0, 0.1) is 0 Å².